The number of aliphatic carboxylic acids is 1. The summed E-state index contributed by atoms with van der Waals surface area (Å²) < 4.78 is 1.73. The summed E-state index contributed by atoms with van der Waals surface area (Å²) in [5, 5.41) is 16.8. The highest BCUT2D eigenvalue weighted by molar-refractivity contribution is 5.76. The molecule has 0 saturated heterocycles. The first-order valence-corrected chi connectivity index (χ1v) is 5.11. The summed E-state index contributed by atoms with van der Waals surface area (Å²) in [7, 11) is 0. The van der Waals surface area contributed by atoms with Crippen molar-refractivity contribution in [1.29, 1.82) is 0 Å². The topological polar surface area (TPSA) is 67.5 Å². The van der Waals surface area contributed by atoms with Gasteiger partial charge in [0, 0.05) is 6.20 Å². The minimum absolute atomic E-state index is 0.0476. The second kappa shape index (κ2) is 3.92. The van der Waals surface area contributed by atoms with E-state index >= 15 is 0 Å². The van der Waals surface area contributed by atoms with Crippen LogP contribution in [0.2, 0.25) is 0 Å². The third kappa shape index (κ3) is 1.76. The second-order valence-corrected chi connectivity index (χ2v) is 4.12. The molecule has 84 valence electrons. The van der Waals surface area contributed by atoms with Crippen LogP contribution in [0, 0.1) is 5.92 Å². The van der Waals surface area contributed by atoms with E-state index in [1.54, 1.807) is 29.1 Å². The van der Waals surface area contributed by atoms with Crippen LogP contribution in [0.25, 0.3) is 5.65 Å². The van der Waals surface area contributed by atoms with Gasteiger partial charge in [-0.3, -0.25) is 9.20 Å². The van der Waals surface area contributed by atoms with Gasteiger partial charge in [-0.25, -0.2) is 0 Å². The fraction of sp³-hybridized carbons (Fsp3) is 0.364. The van der Waals surface area contributed by atoms with Crippen LogP contribution < -0.4 is 0 Å². The smallest absolute Gasteiger partial charge is 0.311 e. The molecule has 1 atom stereocenters. The Kier molecular flexibility index (Phi) is 2.60. The predicted octanol–water partition coefficient (Wildman–Crippen LogP) is 1.55. The van der Waals surface area contributed by atoms with Crippen LogP contribution in [0.5, 0.6) is 0 Å². The van der Waals surface area contributed by atoms with Gasteiger partial charge in [0.25, 0.3) is 0 Å². The Bertz CT molecular complexity index is 519. The van der Waals surface area contributed by atoms with E-state index < -0.39 is 11.9 Å². The molecule has 5 heteroatoms. The van der Waals surface area contributed by atoms with E-state index in [4.69, 9.17) is 0 Å². The van der Waals surface area contributed by atoms with Gasteiger partial charge in [-0.2, -0.15) is 0 Å². The number of hydrogen-bond acceptors (Lipinski definition) is 3. The Balaban J connectivity index is 2.48. The summed E-state index contributed by atoms with van der Waals surface area (Å²) in [5.74, 6) is -1.25. The lowest BCUT2D eigenvalue weighted by atomic mass is 9.90. The Morgan fingerprint density at radius 3 is 2.81 bits per heavy atom. The minimum Gasteiger partial charge on any atom is -0.481 e. The Labute approximate surface area is 92.7 Å². The highest BCUT2D eigenvalue weighted by atomic mass is 16.4. The number of carbonyl (C=O) groups is 1. The highest BCUT2D eigenvalue weighted by Crippen LogP contribution is 2.24. The standard InChI is InChI=1S/C11H13N3O2/c1-7(2)10(11(15)16)8-3-4-9-13-12-6-14(9)5-8/h3-7,10H,1-2H3,(H,15,16). The van der Waals surface area contributed by atoms with Crippen LogP contribution in [0.4, 0.5) is 0 Å². The maximum absolute atomic E-state index is 11.2. The number of nitrogens with zero attached hydrogens (tertiary/aromatic N) is 3. The van der Waals surface area contributed by atoms with Crippen molar-refractivity contribution in [3.8, 4) is 0 Å². The lowest BCUT2D eigenvalue weighted by molar-refractivity contribution is -0.139. The van der Waals surface area contributed by atoms with E-state index in [0.717, 1.165) is 11.2 Å². The SMILES string of the molecule is CC(C)C(C(=O)O)c1ccc2nncn2c1. The summed E-state index contributed by atoms with van der Waals surface area (Å²) in [6, 6.07) is 3.57. The van der Waals surface area contributed by atoms with E-state index in [-0.39, 0.29) is 5.92 Å². The van der Waals surface area contributed by atoms with Crippen molar-refractivity contribution >= 4 is 11.6 Å². The quantitative estimate of drug-likeness (QED) is 0.850. The van der Waals surface area contributed by atoms with Crippen molar-refractivity contribution in [3.05, 3.63) is 30.2 Å². The molecule has 0 aliphatic rings. The molecule has 0 aromatic carbocycles. The average molecular weight is 219 g/mol. The molecular weight excluding hydrogens is 206 g/mol. The third-order valence-corrected chi connectivity index (χ3v) is 2.61. The lowest BCUT2D eigenvalue weighted by Crippen LogP contribution is -2.17. The zero-order valence-corrected chi connectivity index (χ0v) is 9.16. The molecule has 2 aromatic heterocycles. The molecule has 0 bridgehead atoms. The predicted molar refractivity (Wildman–Crippen MR) is 58.2 cm³/mol. The summed E-state index contributed by atoms with van der Waals surface area (Å²) >= 11 is 0. The fourth-order valence-corrected chi connectivity index (χ4v) is 1.84. The van der Waals surface area contributed by atoms with E-state index in [2.05, 4.69) is 10.2 Å². The van der Waals surface area contributed by atoms with Crippen molar-refractivity contribution < 1.29 is 9.90 Å². The van der Waals surface area contributed by atoms with Gasteiger partial charge in [0.1, 0.15) is 6.33 Å². The van der Waals surface area contributed by atoms with Gasteiger partial charge in [0.2, 0.25) is 0 Å². The van der Waals surface area contributed by atoms with Gasteiger partial charge in [0.05, 0.1) is 5.92 Å². The number of fused-ring (bicyclic) bond motifs is 1. The molecule has 0 spiro atoms. The van der Waals surface area contributed by atoms with Gasteiger partial charge in [-0.15, -0.1) is 10.2 Å². The van der Waals surface area contributed by atoms with E-state index in [1.165, 1.54) is 0 Å². The van der Waals surface area contributed by atoms with Crippen molar-refractivity contribution in [2.24, 2.45) is 5.92 Å². The molecule has 2 rings (SSSR count). The first kappa shape index (κ1) is 10.6. The van der Waals surface area contributed by atoms with Crippen LogP contribution >= 0.6 is 0 Å². The Morgan fingerprint density at radius 2 is 2.19 bits per heavy atom. The molecule has 0 fully saturated rings. The Morgan fingerprint density at radius 1 is 1.44 bits per heavy atom. The summed E-state index contributed by atoms with van der Waals surface area (Å²) in [5.41, 5.74) is 1.49. The minimum atomic E-state index is -0.803. The zero-order valence-electron chi connectivity index (χ0n) is 9.16. The van der Waals surface area contributed by atoms with Crippen molar-refractivity contribution in [2.45, 2.75) is 19.8 Å². The average Bonchev–Trinajstić information content (AvgIpc) is 2.63. The summed E-state index contributed by atoms with van der Waals surface area (Å²) in [6.45, 7) is 3.80. The maximum atomic E-state index is 11.2. The zero-order chi connectivity index (χ0) is 11.7. The molecule has 2 heterocycles. The summed E-state index contributed by atoms with van der Waals surface area (Å²) in [6.07, 6.45) is 3.34. The van der Waals surface area contributed by atoms with Crippen LogP contribution in [0.3, 0.4) is 0 Å². The number of rotatable bonds is 3. The maximum Gasteiger partial charge on any atom is 0.311 e. The van der Waals surface area contributed by atoms with Crippen LogP contribution in [-0.2, 0) is 4.79 Å². The van der Waals surface area contributed by atoms with Gasteiger partial charge >= 0.3 is 5.97 Å². The summed E-state index contributed by atoms with van der Waals surface area (Å²) in [4.78, 5) is 11.2. The van der Waals surface area contributed by atoms with Gasteiger partial charge in [-0.05, 0) is 17.5 Å². The highest BCUT2D eigenvalue weighted by Gasteiger charge is 2.23. The lowest BCUT2D eigenvalue weighted by Gasteiger charge is -2.16. The molecule has 1 unspecified atom stereocenters. The molecular formula is C11H13N3O2. The van der Waals surface area contributed by atoms with Gasteiger partial charge < -0.3 is 5.11 Å². The van der Waals surface area contributed by atoms with Crippen molar-refractivity contribution in [1.82, 2.24) is 14.6 Å². The van der Waals surface area contributed by atoms with E-state index in [9.17, 15) is 9.90 Å². The molecule has 1 N–H and O–H groups in total. The van der Waals surface area contributed by atoms with E-state index in [1.807, 2.05) is 13.8 Å². The van der Waals surface area contributed by atoms with Crippen molar-refractivity contribution in [3.63, 3.8) is 0 Å². The van der Waals surface area contributed by atoms with Crippen LogP contribution in [0.15, 0.2) is 24.7 Å². The fourth-order valence-electron chi connectivity index (χ4n) is 1.84. The molecule has 0 radical (unpaired) electrons. The largest absolute Gasteiger partial charge is 0.481 e. The normalized spacial score (nSPS) is 13.2. The monoisotopic (exact) mass is 219 g/mol. The van der Waals surface area contributed by atoms with Crippen molar-refractivity contribution in [2.75, 3.05) is 0 Å². The molecule has 0 amide bonds. The number of carboxylic acids is 1. The number of pyridine rings is 1. The molecule has 16 heavy (non-hydrogen) atoms. The van der Waals surface area contributed by atoms with E-state index in [0.29, 0.717) is 0 Å². The molecule has 0 aliphatic carbocycles. The molecule has 0 saturated carbocycles. The number of hydrogen-bond donors (Lipinski definition) is 1. The first-order chi connectivity index (χ1) is 7.59. The molecule has 5 nitrogen and oxygen atoms in total. The first-order valence-electron chi connectivity index (χ1n) is 5.11. The molecule has 2 aromatic rings. The van der Waals surface area contributed by atoms with Gasteiger partial charge in [0.15, 0.2) is 5.65 Å². The Hall–Kier alpha value is -1.91. The second-order valence-electron chi connectivity index (χ2n) is 4.12. The number of aromatic nitrogens is 3. The van der Waals surface area contributed by atoms with Gasteiger partial charge in [-0.1, -0.05) is 19.9 Å². The van der Waals surface area contributed by atoms with Crippen LogP contribution in [0.1, 0.15) is 25.3 Å². The molecule has 0 aliphatic heterocycles. The number of carboxylic acid groups (broad SMARTS) is 1. The third-order valence-electron chi connectivity index (χ3n) is 2.61. The van der Waals surface area contributed by atoms with Crippen LogP contribution in [-0.4, -0.2) is 25.7 Å².